The van der Waals surface area contributed by atoms with Gasteiger partial charge in [0.05, 0.1) is 12.5 Å². The fraction of sp³-hybridized carbons (Fsp3) is 0.375. The number of amides is 1. The second-order valence-electron chi connectivity index (χ2n) is 5.29. The molecule has 0 heterocycles. The first-order valence-electron chi connectivity index (χ1n) is 6.94. The monoisotopic (exact) mass is 291 g/mol. The van der Waals surface area contributed by atoms with Gasteiger partial charge in [-0.05, 0) is 43.9 Å². The van der Waals surface area contributed by atoms with Gasteiger partial charge in [0.25, 0.3) is 0 Å². The lowest BCUT2D eigenvalue weighted by Gasteiger charge is -2.18. The summed E-state index contributed by atoms with van der Waals surface area (Å²) in [4.78, 5) is 23.2. The SMILES string of the molecule is CC1=C(C(=O)NC(CC(=O)O)c2ccc(F)cc2)CCC1. The van der Waals surface area contributed by atoms with Crippen LogP contribution in [-0.2, 0) is 9.59 Å². The Hall–Kier alpha value is -2.17. The Bertz CT molecular complexity index is 578. The highest BCUT2D eigenvalue weighted by Crippen LogP contribution is 2.27. The molecule has 1 aromatic rings. The third-order valence-corrected chi connectivity index (χ3v) is 3.72. The molecule has 0 radical (unpaired) electrons. The van der Waals surface area contributed by atoms with E-state index in [9.17, 15) is 14.0 Å². The van der Waals surface area contributed by atoms with Crippen molar-refractivity contribution in [3.05, 3.63) is 46.8 Å². The van der Waals surface area contributed by atoms with Crippen LogP contribution in [0.5, 0.6) is 0 Å². The van der Waals surface area contributed by atoms with Gasteiger partial charge in [0.1, 0.15) is 5.82 Å². The minimum absolute atomic E-state index is 0.222. The number of hydrogen-bond acceptors (Lipinski definition) is 2. The fourth-order valence-corrected chi connectivity index (χ4v) is 2.57. The summed E-state index contributed by atoms with van der Waals surface area (Å²) in [6.45, 7) is 1.92. The molecule has 112 valence electrons. The maximum absolute atomic E-state index is 13.0. The summed E-state index contributed by atoms with van der Waals surface area (Å²) in [6.07, 6.45) is 2.35. The molecule has 1 aromatic carbocycles. The molecule has 0 aliphatic heterocycles. The number of hydrogen-bond donors (Lipinski definition) is 2. The number of carbonyl (C=O) groups excluding carboxylic acids is 1. The van der Waals surface area contributed by atoms with E-state index in [0.717, 1.165) is 30.4 Å². The smallest absolute Gasteiger partial charge is 0.305 e. The van der Waals surface area contributed by atoms with Gasteiger partial charge in [-0.15, -0.1) is 0 Å². The van der Waals surface area contributed by atoms with Crippen molar-refractivity contribution in [3.63, 3.8) is 0 Å². The van der Waals surface area contributed by atoms with Crippen molar-refractivity contribution < 1.29 is 19.1 Å². The molecule has 1 aliphatic rings. The fourth-order valence-electron chi connectivity index (χ4n) is 2.57. The van der Waals surface area contributed by atoms with Crippen LogP contribution in [0, 0.1) is 5.82 Å². The van der Waals surface area contributed by atoms with Crippen molar-refractivity contribution in [2.75, 3.05) is 0 Å². The summed E-state index contributed by atoms with van der Waals surface area (Å²) in [7, 11) is 0. The van der Waals surface area contributed by atoms with Crippen LogP contribution in [0.25, 0.3) is 0 Å². The Morgan fingerprint density at radius 1 is 1.29 bits per heavy atom. The molecule has 0 fully saturated rings. The van der Waals surface area contributed by atoms with Gasteiger partial charge in [-0.25, -0.2) is 4.39 Å². The Kier molecular flexibility index (Phi) is 4.73. The van der Waals surface area contributed by atoms with E-state index in [-0.39, 0.29) is 12.3 Å². The van der Waals surface area contributed by atoms with Crippen LogP contribution in [0.2, 0.25) is 0 Å². The van der Waals surface area contributed by atoms with E-state index in [1.54, 1.807) is 0 Å². The lowest BCUT2D eigenvalue weighted by molar-refractivity contribution is -0.137. The standard InChI is InChI=1S/C16H18FNO3/c1-10-3-2-4-13(10)16(21)18-14(9-15(19)20)11-5-7-12(17)8-6-11/h5-8,14H,2-4,9H2,1H3,(H,18,21)(H,19,20). The Morgan fingerprint density at radius 3 is 2.48 bits per heavy atom. The molecule has 1 atom stereocenters. The maximum atomic E-state index is 13.0. The van der Waals surface area contributed by atoms with Gasteiger partial charge in [-0.3, -0.25) is 9.59 Å². The molecule has 0 bridgehead atoms. The van der Waals surface area contributed by atoms with Crippen LogP contribution in [-0.4, -0.2) is 17.0 Å². The molecule has 0 spiro atoms. The number of rotatable bonds is 5. The quantitative estimate of drug-likeness (QED) is 0.876. The van der Waals surface area contributed by atoms with Gasteiger partial charge in [0, 0.05) is 5.57 Å². The summed E-state index contributed by atoms with van der Waals surface area (Å²) < 4.78 is 13.0. The number of carbonyl (C=O) groups is 2. The van der Waals surface area contributed by atoms with Crippen LogP contribution >= 0.6 is 0 Å². The zero-order valence-electron chi connectivity index (χ0n) is 11.9. The molecule has 2 N–H and O–H groups in total. The molecule has 0 saturated heterocycles. The van der Waals surface area contributed by atoms with Crippen LogP contribution < -0.4 is 5.32 Å². The van der Waals surface area contributed by atoms with E-state index >= 15 is 0 Å². The van der Waals surface area contributed by atoms with Gasteiger partial charge < -0.3 is 10.4 Å². The molecule has 2 rings (SSSR count). The number of carboxylic acids is 1. The van der Waals surface area contributed by atoms with Crippen LogP contribution in [0.3, 0.4) is 0 Å². The summed E-state index contributed by atoms with van der Waals surface area (Å²) in [6, 6.07) is 4.86. The molecule has 1 aliphatic carbocycles. The molecular formula is C16H18FNO3. The average Bonchev–Trinajstić information content (AvgIpc) is 2.84. The molecule has 5 heteroatoms. The Morgan fingerprint density at radius 2 is 1.95 bits per heavy atom. The number of nitrogens with one attached hydrogen (secondary N) is 1. The van der Waals surface area contributed by atoms with Crippen LogP contribution in [0.1, 0.15) is 44.2 Å². The Labute approximate surface area is 122 Å². The summed E-state index contributed by atoms with van der Waals surface area (Å²) in [5, 5.41) is 11.7. The first-order chi connectivity index (χ1) is 9.97. The lowest BCUT2D eigenvalue weighted by atomic mass is 10.0. The molecule has 0 aromatic heterocycles. The first kappa shape index (κ1) is 15.2. The van der Waals surface area contributed by atoms with E-state index in [2.05, 4.69) is 5.32 Å². The van der Waals surface area contributed by atoms with Crippen molar-refractivity contribution in [1.82, 2.24) is 5.32 Å². The minimum atomic E-state index is -1.01. The zero-order valence-corrected chi connectivity index (χ0v) is 11.9. The normalized spacial score (nSPS) is 15.9. The highest BCUT2D eigenvalue weighted by atomic mass is 19.1. The first-order valence-corrected chi connectivity index (χ1v) is 6.94. The second-order valence-corrected chi connectivity index (χ2v) is 5.29. The zero-order chi connectivity index (χ0) is 15.4. The number of allylic oxidation sites excluding steroid dienone is 1. The minimum Gasteiger partial charge on any atom is -0.481 e. The molecule has 0 saturated carbocycles. The average molecular weight is 291 g/mol. The van der Waals surface area contributed by atoms with Gasteiger partial charge in [0.2, 0.25) is 5.91 Å². The molecule has 4 nitrogen and oxygen atoms in total. The molecule has 1 amide bonds. The predicted octanol–water partition coefficient (Wildman–Crippen LogP) is 2.96. The largest absolute Gasteiger partial charge is 0.481 e. The highest BCUT2D eigenvalue weighted by Gasteiger charge is 2.23. The maximum Gasteiger partial charge on any atom is 0.305 e. The number of aliphatic carboxylic acids is 1. The number of halogens is 1. The van der Waals surface area contributed by atoms with Crippen molar-refractivity contribution in [1.29, 1.82) is 0 Å². The van der Waals surface area contributed by atoms with Gasteiger partial charge >= 0.3 is 5.97 Å². The van der Waals surface area contributed by atoms with Crippen molar-refractivity contribution in [3.8, 4) is 0 Å². The summed E-state index contributed by atoms with van der Waals surface area (Å²) >= 11 is 0. The van der Waals surface area contributed by atoms with E-state index in [0.29, 0.717) is 5.56 Å². The van der Waals surface area contributed by atoms with E-state index in [4.69, 9.17) is 5.11 Å². The van der Waals surface area contributed by atoms with E-state index in [1.807, 2.05) is 6.92 Å². The van der Waals surface area contributed by atoms with Gasteiger partial charge in [-0.1, -0.05) is 17.7 Å². The van der Waals surface area contributed by atoms with Crippen LogP contribution in [0.15, 0.2) is 35.4 Å². The lowest BCUT2D eigenvalue weighted by Crippen LogP contribution is -2.31. The molecule has 1 unspecified atom stereocenters. The molecule has 21 heavy (non-hydrogen) atoms. The molecular weight excluding hydrogens is 273 g/mol. The van der Waals surface area contributed by atoms with Gasteiger partial charge in [-0.2, -0.15) is 0 Å². The number of benzene rings is 1. The van der Waals surface area contributed by atoms with Crippen LogP contribution in [0.4, 0.5) is 4.39 Å². The van der Waals surface area contributed by atoms with Crippen molar-refractivity contribution >= 4 is 11.9 Å². The highest BCUT2D eigenvalue weighted by molar-refractivity contribution is 5.95. The number of carboxylic acid groups (broad SMARTS) is 1. The third kappa shape index (κ3) is 3.90. The third-order valence-electron chi connectivity index (χ3n) is 3.72. The van der Waals surface area contributed by atoms with Crippen molar-refractivity contribution in [2.24, 2.45) is 0 Å². The predicted molar refractivity (Wildman–Crippen MR) is 76.1 cm³/mol. The summed E-state index contributed by atoms with van der Waals surface area (Å²) in [5.74, 6) is -1.63. The topological polar surface area (TPSA) is 66.4 Å². The summed E-state index contributed by atoms with van der Waals surface area (Å²) in [5.41, 5.74) is 2.39. The Balaban J connectivity index is 2.17. The van der Waals surface area contributed by atoms with Crippen molar-refractivity contribution in [2.45, 2.75) is 38.6 Å². The van der Waals surface area contributed by atoms with E-state index < -0.39 is 17.8 Å². The van der Waals surface area contributed by atoms with E-state index in [1.165, 1.54) is 24.3 Å². The second kappa shape index (κ2) is 6.52. The van der Waals surface area contributed by atoms with Gasteiger partial charge in [0.15, 0.2) is 0 Å².